The lowest BCUT2D eigenvalue weighted by atomic mass is 10.3. The number of carboxylic acids is 1. The highest BCUT2D eigenvalue weighted by Crippen LogP contribution is 2.19. The molecule has 0 bridgehead atoms. The zero-order valence-electron chi connectivity index (χ0n) is 8.55. The Kier molecular flexibility index (Phi) is 5.39. The van der Waals surface area contributed by atoms with Crippen molar-refractivity contribution in [3.05, 3.63) is 58.6 Å². The molecule has 88 valence electrons. The van der Waals surface area contributed by atoms with Gasteiger partial charge in [0, 0.05) is 18.6 Å². The second-order valence-electron chi connectivity index (χ2n) is 2.83. The summed E-state index contributed by atoms with van der Waals surface area (Å²) in [4.78, 5) is 17.7. The van der Waals surface area contributed by atoms with Gasteiger partial charge in [-0.1, -0.05) is 29.3 Å². The molecule has 2 aromatic rings. The van der Waals surface area contributed by atoms with E-state index in [0.717, 1.165) is 6.20 Å². The van der Waals surface area contributed by atoms with Gasteiger partial charge in [0.25, 0.3) is 0 Å². The molecule has 0 amide bonds. The van der Waals surface area contributed by atoms with E-state index >= 15 is 0 Å². The van der Waals surface area contributed by atoms with Gasteiger partial charge in [-0.25, -0.2) is 9.78 Å². The Balaban J connectivity index is 0.000000202. The third kappa shape index (κ3) is 4.80. The van der Waals surface area contributed by atoms with E-state index in [9.17, 15) is 4.79 Å². The maximum absolute atomic E-state index is 10.3. The molecule has 0 saturated heterocycles. The van der Waals surface area contributed by atoms with Crippen LogP contribution in [-0.4, -0.2) is 21.0 Å². The lowest BCUT2D eigenvalue weighted by Crippen LogP contribution is -1.96. The molecule has 4 nitrogen and oxygen atoms in total. The molecule has 2 rings (SSSR count). The van der Waals surface area contributed by atoms with Gasteiger partial charge in [-0.15, -0.1) is 0 Å². The number of nitrogens with zero attached hydrogens (tertiary/aromatic N) is 2. The summed E-state index contributed by atoms with van der Waals surface area (Å²) in [5.41, 5.74) is 0.0272. The molecule has 0 atom stereocenters. The number of carboxylic acid groups (broad SMARTS) is 1. The van der Waals surface area contributed by atoms with Gasteiger partial charge in [-0.3, -0.25) is 4.98 Å². The molecule has 0 aliphatic rings. The van der Waals surface area contributed by atoms with E-state index < -0.39 is 5.97 Å². The zero-order chi connectivity index (χ0) is 12.7. The second-order valence-corrected chi connectivity index (χ2v) is 3.59. The minimum Gasteiger partial charge on any atom is -0.478 e. The number of carbonyl (C=O) groups is 1. The first-order chi connectivity index (χ1) is 8.11. The van der Waals surface area contributed by atoms with Gasteiger partial charge < -0.3 is 5.11 Å². The van der Waals surface area contributed by atoms with Gasteiger partial charge in [-0.05, 0) is 18.2 Å². The van der Waals surface area contributed by atoms with Crippen LogP contribution < -0.4 is 0 Å². The average molecular weight is 271 g/mol. The molecule has 0 fully saturated rings. The molecule has 2 aromatic heterocycles. The van der Waals surface area contributed by atoms with Gasteiger partial charge in [0.2, 0.25) is 0 Å². The summed E-state index contributed by atoms with van der Waals surface area (Å²) in [6.07, 6.45) is 4.65. The number of hydrogen-bond acceptors (Lipinski definition) is 3. The molecule has 0 aliphatic heterocycles. The highest BCUT2D eigenvalue weighted by atomic mass is 35.5. The molecule has 17 heavy (non-hydrogen) atoms. The third-order valence-corrected chi connectivity index (χ3v) is 2.30. The van der Waals surface area contributed by atoms with Crippen LogP contribution in [0.3, 0.4) is 0 Å². The predicted molar refractivity (Wildman–Crippen MR) is 65.5 cm³/mol. The number of rotatable bonds is 1. The van der Waals surface area contributed by atoms with Gasteiger partial charge in [0.15, 0.2) is 0 Å². The number of halogens is 2. The van der Waals surface area contributed by atoms with Crippen LogP contribution in [0.4, 0.5) is 0 Å². The van der Waals surface area contributed by atoms with E-state index in [1.807, 2.05) is 18.2 Å². The van der Waals surface area contributed by atoms with Crippen molar-refractivity contribution in [3.63, 3.8) is 0 Å². The van der Waals surface area contributed by atoms with Crippen LogP contribution in [0.2, 0.25) is 10.2 Å². The molecule has 1 N–H and O–H groups in total. The van der Waals surface area contributed by atoms with Crippen molar-refractivity contribution in [1.82, 2.24) is 9.97 Å². The Bertz CT molecular complexity index is 465. The Morgan fingerprint density at radius 1 is 1.18 bits per heavy atom. The molecular formula is C11H8Cl2N2O2. The molecule has 0 saturated carbocycles. The Morgan fingerprint density at radius 2 is 1.82 bits per heavy atom. The molecule has 0 aromatic carbocycles. The van der Waals surface area contributed by atoms with Gasteiger partial charge in [0.05, 0.1) is 10.6 Å². The predicted octanol–water partition coefficient (Wildman–Crippen LogP) is 3.17. The number of aromatic nitrogens is 2. The van der Waals surface area contributed by atoms with Crippen LogP contribution in [0.1, 0.15) is 10.4 Å². The fraction of sp³-hybridized carbons (Fsp3) is 0. The molecular weight excluding hydrogens is 263 g/mol. The smallest absolute Gasteiger partial charge is 0.337 e. The standard InChI is InChI=1S/C6H3Cl2NO2.C5H5N/c7-4-1-3(6(10)11)2-9-5(4)8;1-2-4-6-5-3-1/h1-2H,(H,10,11);1-5H. The Labute approximate surface area is 108 Å². The molecule has 0 spiro atoms. The van der Waals surface area contributed by atoms with Crippen molar-refractivity contribution in [2.75, 3.05) is 0 Å². The summed E-state index contributed by atoms with van der Waals surface area (Å²) in [7, 11) is 0. The van der Waals surface area contributed by atoms with Crippen LogP contribution in [0.15, 0.2) is 42.9 Å². The summed E-state index contributed by atoms with van der Waals surface area (Å²) in [5, 5.41) is 8.71. The second kappa shape index (κ2) is 6.83. The summed E-state index contributed by atoms with van der Waals surface area (Å²) >= 11 is 10.9. The number of hydrogen-bond donors (Lipinski definition) is 1. The Morgan fingerprint density at radius 3 is 2.18 bits per heavy atom. The molecule has 0 radical (unpaired) electrons. The first-order valence-corrected chi connectivity index (χ1v) is 5.26. The summed E-state index contributed by atoms with van der Waals surface area (Å²) in [5.74, 6) is -1.07. The fourth-order valence-corrected chi connectivity index (χ4v) is 1.12. The van der Waals surface area contributed by atoms with Crippen LogP contribution >= 0.6 is 23.2 Å². The highest BCUT2D eigenvalue weighted by molar-refractivity contribution is 6.41. The van der Waals surface area contributed by atoms with Crippen LogP contribution in [-0.2, 0) is 0 Å². The normalized spacial score (nSPS) is 9.06. The topological polar surface area (TPSA) is 63.1 Å². The van der Waals surface area contributed by atoms with Crippen molar-refractivity contribution in [2.24, 2.45) is 0 Å². The summed E-state index contributed by atoms with van der Waals surface area (Å²) in [6, 6.07) is 6.96. The van der Waals surface area contributed by atoms with Gasteiger partial charge >= 0.3 is 5.97 Å². The molecule has 0 unspecified atom stereocenters. The van der Waals surface area contributed by atoms with Crippen molar-refractivity contribution in [3.8, 4) is 0 Å². The minimum absolute atomic E-state index is 0.0272. The summed E-state index contributed by atoms with van der Waals surface area (Å²) in [6.45, 7) is 0. The third-order valence-electron chi connectivity index (χ3n) is 1.61. The zero-order valence-corrected chi connectivity index (χ0v) is 10.1. The maximum atomic E-state index is 10.3. The van der Waals surface area contributed by atoms with E-state index in [1.54, 1.807) is 12.4 Å². The monoisotopic (exact) mass is 270 g/mol. The van der Waals surface area contributed by atoms with Crippen molar-refractivity contribution >= 4 is 29.2 Å². The minimum atomic E-state index is -1.07. The van der Waals surface area contributed by atoms with Crippen LogP contribution in [0.5, 0.6) is 0 Å². The van der Waals surface area contributed by atoms with E-state index in [2.05, 4.69) is 9.97 Å². The van der Waals surface area contributed by atoms with E-state index in [-0.39, 0.29) is 15.7 Å². The lowest BCUT2D eigenvalue weighted by Gasteiger charge is -1.95. The van der Waals surface area contributed by atoms with E-state index in [1.165, 1.54) is 6.07 Å². The molecule has 0 aliphatic carbocycles. The molecule has 2 heterocycles. The first kappa shape index (κ1) is 13.4. The van der Waals surface area contributed by atoms with Gasteiger partial charge in [0.1, 0.15) is 5.15 Å². The fourth-order valence-electron chi connectivity index (χ4n) is 0.851. The Hall–Kier alpha value is -1.65. The van der Waals surface area contributed by atoms with Crippen molar-refractivity contribution in [2.45, 2.75) is 0 Å². The lowest BCUT2D eigenvalue weighted by molar-refractivity contribution is 0.0696. The van der Waals surface area contributed by atoms with Crippen molar-refractivity contribution in [1.29, 1.82) is 0 Å². The van der Waals surface area contributed by atoms with E-state index in [0.29, 0.717) is 0 Å². The number of pyridine rings is 2. The maximum Gasteiger partial charge on any atom is 0.337 e. The SMILES string of the molecule is O=C(O)c1cnc(Cl)c(Cl)c1.c1ccncc1. The average Bonchev–Trinajstić information content (AvgIpc) is 2.35. The van der Waals surface area contributed by atoms with E-state index in [4.69, 9.17) is 28.3 Å². The van der Waals surface area contributed by atoms with Crippen LogP contribution in [0, 0.1) is 0 Å². The van der Waals surface area contributed by atoms with Gasteiger partial charge in [-0.2, -0.15) is 0 Å². The summed E-state index contributed by atoms with van der Waals surface area (Å²) < 4.78 is 0. The number of aromatic carboxylic acids is 1. The molecule has 6 heteroatoms. The van der Waals surface area contributed by atoms with Crippen LogP contribution in [0.25, 0.3) is 0 Å². The largest absolute Gasteiger partial charge is 0.478 e. The van der Waals surface area contributed by atoms with Crippen molar-refractivity contribution < 1.29 is 9.90 Å². The first-order valence-electron chi connectivity index (χ1n) is 4.50. The quantitative estimate of drug-likeness (QED) is 0.809. The highest BCUT2D eigenvalue weighted by Gasteiger charge is 2.05.